The third-order valence-corrected chi connectivity index (χ3v) is 7.11. The second-order valence-corrected chi connectivity index (χ2v) is 9.69. The maximum absolute atomic E-state index is 12.7. The van der Waals surface area contributed by atoms with Crippen LogP contribution in [0.25, 0.3) is 10.1 Å². The molecule has 0 aliphatic rings. The Balaban J connectivity index is 1.33. The molecular weight excluding hydrogens is 446 g/mol. The molecule has 2 N–H and O–H groups in total. The van der Waals surface area contributed by atoms with Crippen molar-refractivity contribution in [2.24, 2.45) is 0 Å². The summed E-state index contributed by atoms with van der Waals surface area (Å²) in [5, 5.41) is 3.73. The first-order valence-corrected chi connectivity index (χ1v) is 12.1. The molecule has 3 aromatic carbocycles. The molecule has 0 aliphatic carbocycles. The Kier molecular flexibility index (Phi) is 6.50. The van der Waals surface area contributed by atoms with Crippen LogP contribution in [0.15, 0.2) is 83.9 Å². The Morgan fingerprint density at radius 2 is 1.81 bits per heavy atom. The lowest BCUT2D eigenvalue weighted by Gasteiger charge is -2.15. The maximum Gasteiger partial charge on any atom is 0.262 e. The molecule has 0 fully saturated rings. The molecule has 0 spiro atoms. The van der Waals surface area contributed by atoms with Gasteiger partial charge in [-0.3, -0.25) is 4.79 Å². The van der Waals surface area contributed by atoms with E-state index in [4.69, 9.17) is 4.74 Å². The summed E-state index contributed by atoms with van der Waals surface area (Å²) in [4.78, 5) is 12.3. The molecule has 1 heterocycles. The molecule has 1 amide bonds. The number of fused-ring (bicyclic) bond motifs is 1. The average molecular weight is 468 g/mol. The van der Waals surface area contributed by atoms with Crippen LogP contribution in [0.2, 0.25) is 0 Å². The van der Waals surface area contributed by atoms with E-state index in [-0.39, 0.29) is 23.5 Å². The number of carbonyl (C=O) groups excluding carboxylic acids is 1. The van der Waals surface area contributed by atoms with E-state index in [9.17, 15) is 13.2 Å². The molecule has 1 atom stereocenters. The van der Waals surface area contributed by atoms with Gasteiger partial charge in [-0.15, -0.1) is 0 Å². The number of anilines is 1. The van der Waals surface area contributed by atoms with Crippen LogP contribution in [0.1, 0.15) is 18.5 Å². The minimum absolute atomic E-state index is 0.120. The lowest BCUT2D eigenvalue weighted by Crippen LogP contribution is -2.26. The van der Waals surface area contributed by atoms with Crippen molar-refractivity contribution < 1.29 is 17.9 Å². The predicted octanol–water partition coefficient (Wildman–Crippen LogP) is 4.35. The van der Waals surface area contributed by atoms with E-state index in [1.807, 2.05) is 48.5 Å². The van der Waals surface area contributed by atoms with Gasteiger partial charge in [-0.25, -0.2) is 13.1 Å². The van der Waals surface area contributed by atoms with Crippen molar-refractivity contribution in [3.8, 4) is 5.75 Å². The molecule has 9 heteroatoms. The SMILES string of the molecule is C[C@H](NS(=O)(=O)c1ccc(OCC(=O)Nc2ccc3sncc3c2)cc1)c1ccccc1. The highest BCUT2D eigenvalue weighted by atomic mass is 32.2. The van der Waals surface area contributed by atoms with Gasteiger partial charge in [-0.05, 0) is 66.5 Å². The van der Waals surface area contributed by atoms with Crippen molar-refractivity contribution in [1.82, 2.24) is 9.10 Å². The van der Waals surface area contributed by atoms with E-state index in [1.54, 1.807) is 13.1 Å². The summed E-state index contributed by atoms with van der Waals surface area (Å²) in [6.45, 7) is 1.59. The van der Waals surface area contributed by atoms with Gasteiger partial charge in [0.05, 0.1) is 9.60 Å². The molecule has 4 aromatic rings. The van der Waals surface area contributed by atoms with Crippen molar-refractivity contribution in [1.29, 1.82) is 0 Å². The van der Waals surface area contributed by atoms with Crippen LogP contribution in [0.4, 0.5) is 5.69 Å². The number of sulfonamides is 1. The number of ether oxygens (including phenoxy) is 1. The Morgan fingerprint density at radius 1 is 1.06 bits per heavy atom. The van der Waals surface area contributed by atoms with Crippen LogP contribution in [0.3, 0.4) is 0 Å². The molecule has 7 nitrogen and oxygen atoms in total. The van der Waals surface area contributed by atoms with Crippen molar-refractivity contribution in [3.63, 3.8) is 0 Å². The number of rotatable bonds is 8. The van der Waals surface area contributed by atoms with Crippen LogP contribution in [0, 0.1) is 0 Å². The summed E-state index contributed by atoms with van der Waals surface area (Å²) in [5.74, 6) is 0.0790. The fourth-order valence-electron chi connectivity index (χ4n) is 3.12. The van der Waals surface area contributed by atoms with E-state index in [0.717, 1.165) is 15.6 Å². The number of hydrogen-bond acceptors (Lipinski definition) is 6. The van der Waals surface area contributed by atoms with Gasteiger partial charge in [0, 0.05) is 23.3 Å². The van der Waals surface area contributed by atoms with E-state index < -0.39 is 10.0 Å². The third-order valence-electron chi connectivity index (χ3n) is 4.77. The minimum atomic E-state index is -3.70. The summed E-state index contributed by atoms with van der Waals surface area (Å²) >= 11 is 1.39. The van der Waals surface area contributed by atoms with Gasteiger partial charge in [-0.2, -0.15) is 4.37 Å². The first kappa shape index (κ1) is 21.9. The van der Waals surface area contributed by atoms with Crippen LogP contribution >= 0.6 is 11.5 Å². The minimum Gasteiger partial charge on any atom is -0.484 e. The molecule has 0 bridgehead atoms. The normalized spacial score (nSPS) is 12.4. The molecule has 0 aliphatic heterocycles. The van der Waals surface area contributed by atoms with Gasteiger partial charge < -0.3 is 10.1 Å². The second-order valence-electron chi connectivity index (χ2n) is 7.14. The van der Waals surface area contributed by atoms with Gasteiger partial charge in [0.1, 0.15) is 5.75 Å². The first-order chi connectivity index (χ1) is 15.4. The Bertz CT molecular complexity index is 1320. The zero-order chi connectivity index (χ0) is 22.6. The number of benzene rings is 3. The van der Waals surface area contributed by atoms with Crippen LogP contribution in [0.5, 0.6) is 5.75 Å². The average Bonchev–Trinajstić information content (AvgIpc) is 3.26. The van der Waals surface area contributed by atoms with Crippen molar-refractivity contribution in [2.45, 2.75) is 17.9 Å². The number of nitrogens with one attached hydrogen (secondary N) is 2. The first-order valence-electron chi connectivity index (χ1n) is 9.85. The van der Waals surface area contributed by atoms with Crippen LogP contribution < -0.4 is 14.8 Å². The largest absolute Gasteiger partial charge is 0.484 e. The van der Waals surface area contributed by atoms with Crippen LogP contribution in [-0.4, -0.2) is 25.3 Å². The van der Waals surface area contributed by atoms with E-state index >= 15 is 0 Å². The lowest BCUT2D eigenvalue weighted by molar-refractivity contribution is -0.118. The second kappa shape index (κ2) is 9.47. The fourth-order valence-corrected chi connectivity index (χ4v) is 4.98. The van der Waals surface area contributed by atoms with E-state index in [2.05, 4.69) is 14.4 Å². The number of aromatic nitrogens is 1. The molecule has 4 rings (SSSR count). The summed E-state index contributed by atoms with van der Waals surface area (Å²) < 4.78 is 38.6. The zero-order valence-electron chi connectivity index (χ0n) is 17.2. The number of carbonyl (C=O) groups is 1. The molecule has 0 radical (unpaired) electrons. The molecule has 164 valence electrons. The summed E-state index contributed by atoms with van der Waals surface area (Å²) in [6, 6.07) is 20.5. The zero-order valence-corrected chi connectivity index (χ0v) is 18.8. The van der Waals surface area contributed by atoms with Crippen molar-refractivity contribution in [2.75, 3.05) is 11.9 Å². The molecular formula is C23H21N3O4S2. The van der Waals surface area contributed by atoms with Crippen molar-refractivity contribution >= 4 is 43.2 Å². The number of nitrogens with zero attached hydrogens (tertiary/aromatic N) is 1. The van der Waals surface area contributed by atoms with E-state index in [0.29, 0.717) is 11.4 Å². The van der Waals surface area contributed by atoms with Crippen LogP contribution in [-0.2, 0) is 14.8 Å². The fraction of sp³-hybridized carbons (Fsp3) is 0.130. The standard InChI is InChI=1S/C23H21N3O4S2/c1-16(17-5-3-2-4-6-17)26-32(28,29)21-10-8-20(9-11-21)30-15-23(27)25-19-7-12-22-18(13-19)14-24-31-22/h2-14,16,26H,15H2,1H3,(H,25,27)/t16-/m0/s1. The number of amides is 1. The number of hydrogen-bond donors (Lipinski definition) is 2. The summed E-state index contributed by atoms with van der Waals surface area (Å²) in [7, 11) is -3.70. The summed E-state index contributed by atoms with van der Waals surface area (Å²) in [6.07, 6.45) is 1.75. The quantitative estimate of drug-likeness (QED) is 0.401. The maximum atomic E-state index is 12.7. The molecule has 0 saturated carbocycles. The Hall–Kier alpha value is -3.27. The van der Waals surface area contributed by atoms with Gasteiger partial charge in [0.2, 0.25) is 10.0 Å². The highest BCUT2D eigenvalue weighted by molar-refractivity contribution is 7.89. The van der Waals surface area contributed by atoms with Gasteiger partial charge in [0.25, 0.3) is 5.91 Å². The predicted molar refractivity (Wildman–Crippen MR) is 125 cm³/mol. The lowest BCUT2D eigenvalue weighted by atomic mass is 10.1. The Labute approximate surface area is 190 Å². The summed E-state index contributed by atoms with van der Waals surface area (Å²) in [5.41, 5.74) is 1.53. The monoisotopic (exact) mass is 467 g/mol. The van der Waals surface area contributed by atoms with Crippen molar-refractivity contribution in [3.05, 3.63) is 84.6 Å². The smallest absolute Gasteiger partial charge is 0.262 e. The molecule has 32 heavy (non-hydrogen) atoms. The molecule has 0 unspecified atom stereocenters. The van der Waals surface area contributed by atoms with Gasteiger partial charge in [0.15, 0.2) is 6.61 Å². The molecule has 0 saturated heterocycles. The van der Waals surface area contributed by atoms with E-state index in [1.165, 1.54) is 35.8 Å². The third kappa shape index (κ3) is 5.31. The highest BCUT2D eigenvalue weighted by Gasteiger charge is 2.18. The topological polar surface area (TPSA) is 97.4 Å². The van der Waals surface area contributed by atoms with Gasteiger partial charge >= 0.3 is 0 Å². The highest BCUT2D eigenvalue weighted by Crippen LogP contribution is 2.22. The molecule has 1 aromatic heterocycles. The Morgan fingerprint density at radius 3 is 2.56 bits per heavy atom. The van der Waals surface area contributed by atoms with Gasteiger partial charge in [-0.1, -0.05) is 30.3 Å².